The van der Waals surface area contributed by atoms with Crippen LogP contribution in [0.25, 0.3) is 0 Å². The molecule has 0 atom stereocenters. The lowest BCUT2D eigenvalue weighted by Crippen LogP contribution is -2.42. The standard InChI is InChI=1S/C20H22FN3O6S/c1-2-30-20(27)14-9-11-15(12-10-14)31(28,29)22-13-5-8-18(25)23-24-19(26)16-6-3-4-7-17(16)21/h3-4,6-7,9-12,22H,2,5,8,13H2,1H3,(H,23,25)(H,24,26). The van der Waals surface area contributed by atoms with Crippen LogP contribution in [0.3, 0.4) is 0 Å². The molecule has 0 aliphatic rings. The predicted octanol–water partition coefficient (Wildman–Crippen LogP) is 1.52. The van der Waals surface area contributed by atoms with Crippen LogP contribution >= 0.6 is 0 Å². The largest absolute Gasteiger partial charge is 0.462 e. The van der Waals surface area contributed by atoms with Crippen molar-refractivity contribution in [2.45, 2.75) is 24.7 Å². The number of nitrogens with one attached hydrogen (secondary N) is 3. The maximum absolute atomic E-state index is 13.5. The summed E-state index contributed by atoms with van der Waals surface area (Å²) in [5.74, 6) is -2.65. The van der Waals surface area contributed by atoms with Crippen molar-refractivity contribution in [3.8, 4) is 0 Å². The fourth-order valence-corrected chi connectivity index (χ4v) is 3.50. The minimum Gasteiger partial charge on any atom is -0.462 e. The zero-order valence-corrected chi connectivity index (χ0v) is 17.5. The third-order valence-corrected chi connectivity index (χ3v) is 5.46. The highest BCUT2D eigenvalue weighted by molar-refractivity contribution is 7.89. The Hall–Kier alpha value is -3.31. The van der Waals surface area contributed by atoms with Crippen molar-refractivity contribution in [1.82, 2.24) is 15.6 Å². The molecule has 0 heterocycles. The molecule has 0 aliphatic carbocycles. The van der Waals surface area contributed by atoms with Gasteiger partial charge < -0.3 is 4.74 Å². The fourth-order valence-electron chi connectivity index (χ4n) is 2.43. The van der Waals surface area contributed by atoms with E-state index in [1.807, 2.05) is 0 Å². The number of benzene rings is 2. The molecule has 3 N–H and O–H groups in total. The van der Waals surface area contributed by atoms with E-state index in [1.54, 1.807) is 6.92 Å². The molecule has 0 aliphatic heterocycles. The summed E-state index contributed by atoms with van der Waals surface area (Å²) in [7, 11) is -3.82. The predicted molar refractivity (Wildman–Crippen MR) is 109 cm³/mol. The van der Waals surface area contributed by atoms with E-state index >= 15 is 0 Å². The average Bonchev–Trinajstić information content (AvgIpc) is 2.75. The number of rotatable bonds is 9. The van der Waals surface area contributed by atoms with Gasteiger partial charge in [0, 0.05) is 13.0 Å². The SMILES string of the molecule is CCOC(=O)c1ccc(S(=O)(=O)NCCCC(=O)NNC(=O)c2ccccc2F)cc1. The zero-order valence-electron chi connectivity index (χ0n) is 16.7. The lowest BCUT2D eigenvalue weighted by Gasteiger charge is -2.09. The van der Waals surface area contributed by atoms with E-state index in [0.29, 0.717) is 0 Å². The number of hydrogen-bond acceptors (Lipinski definition) is 6. The van der Waals surface area contributed by atoms with Crippen LogP contribution in [0.5, 0.6) is 0 Å². The summed E-state index contributed by atoms with van der Waals surface area (Å²) < 4.78 is 45.2. The lowest BCUT2D eigenvalue weighted by molar-refractivity contribution is -0.121. The monoisotopic (exact) mass is 451 g/mol. The second-order valence-corrected chi connectivity index (χ2v) is 8.00. The minimum atomic E-state index is -3.82. The summed E-state index contributed by atoms with van der Waals surface area (Å²) in [4.78, 5) is 35.1. The first kappa shape index (κ1) is 24.0. The molecular weight excluding hydrogens is 429 g/mol. The van der Waals surface area contributed by atoms with E-state index < -0.39 is 33.6 Å². The minimum absolute atomic E-state index is 0.0311. The normalized spacial score (nSPS) is 10.9. The molecule has 0 spiro atoms. The molecule has 11 heteroatoms. The lowest BCUT2D eigenvalue weighted by atomic mass is 10.2. The van der Waals surface area contributed by atoms with Crippen molar-refractivity contribution in [2.75, 3.05) is 13.2 Å². The van der Waals surface area contributed by atoms with Crippen LogP contribution in [0.1, 0.15) is 40.5 Å². The van der Waals surface area contributed by atoms with E-state index in [2.05, 4.69) is 15.6 Å². The van der Waals surface area contributed by atoms with Gasteiger partial charge in [-0.2, -0.15) is 0 Å². The van der Waals surface area contributed by atoms with Crippen molar-refractivity contribution in [3.05, 3.63) is 65.5 Å². The Morgan fingerprint density at radius 1 is 1.00 bits per heavy atom. The quantitative estimate of drug-likeness (QED) is 0.301. The van der Waals surface area contributed by atoms with Crippen molar-refractivity contribution in [1.29, 1.82) is 0 Å². The van der Waals surface area contributed by atoms with Gasteiger partial charge in [0.15, 0.2) is 0 Å². The molecule has 2 aromatic rings. The van der Waals surface area contributed by atoms with Gasteiger partial charge in [-0.05, 0) is 49.7 Å². The number of sulfonamides is 1. The molecule has 0 bridgehead atoms. The maximum Gasteiger partial charge on any atom is 0.338 e. The van der Waals surface area contributed by atoms with Crippen molar-refractivity contribution in [3.63, 3.8) is 0 Å². The Morgan fingerprint density at radius 2 is 1.68 bits per heavy atom. The van der Waals surface area contributed by atoms with Crippen LogP contribution in [-0.2, 0) is 19.6 Å². The Balaban J connectivity index is 1.75. The molecule has 9 nitrogen and oxygen atoms in total. The summed E-state index contributed by atoms with van der Waals surface area (Å²) in [5, 5.41) is 0. The van der Waals surface area contributed by atoms with Gasteiger partial charge in [-0.25, -0.2) is 22.3 Å². The Labute approximate surface area is 179 Å². The molecular formula is C20H22FN3O6S. The fraction of sp³-hybridized carbons (Fsp3) is 0.250. The summed E-state index contributed by atoms with van der Waals surface area (Å²) >= 11 is 0. The van der Waals surface area contributed by atoms with Crippen LogP contribution in [-0.4, -0.2) is 39.4 Å². The average molecular weight is 451 g/mol. The molecule has 31 heavy (non-hydrogen) atoms. The summed E-state index contributed by atoms with van der Waals surface area (Å²) in [6.45, 7) is 1.84. The van der Waals surface area contributed by atoms with Gasteiger partial charge in [-0.1, -0.05) is 12.1 Å². The number of hydrazine groups is 1. The van der Waals surface area contributed by atoms with Gasteiger partial charge in [-0.3, -0.25) is 20.4 Å². The first-order valence-electron chi connectivity index (χ1n) is 9.35. The molecule has 0 fully saturated rings. The smallest absolute Gasteiger partial charge is 0.338 e. The molecule has 0 unspecified atom stereocenters. The van der Waals surface area contributed by atoms with Gasteiger partial charge >= 0.3 is 5.97 Å². The highest BCUT2D eigenvalue weighted by Gasteiger charge is 2.16. The number of carbonyl (C=O) groups is 3. The molecule has 0 saturated heterocycles. The van der Waals surface area contributed by atoms with Crippen LogP contribution < -0.4 is 15.6 Å². The van der Waals surface area contributed by atoms with Crippen LogP contribution in [0.15, 0.2) is 53.4 Å². The number of ether oxygens (including phenoxy) is 1. The number of amides is 2. The van der Waals surface area contributed by atoms with Gasteiger partial charge in [0.25, 0.3) is 5.91 Å². The second-order valence-electron chi connectivity index (χ2n) is 6.23. The Morgan fingerprint density at radius 3 is 2.32 bits per heavy atom. The number of carbonyl (C=O) groups excluding carboxylic acids is 3. The van der Waals surface area contributed by atoms with Gasteiger partial charge in [0.1, 0.15) is 5.82 Å². The van der Waals surface area contributed by atoms with E-state index in [-0.39, 0.29) is 42.0 Å². The third kappa shape index (κ3) is 7.15. The Bertz CT molecular complexity index is 1040. The van der Waals surface area contributed by atoms with Crippen LogP contribution in [0.4, 0.5) is 4.39 Å². The van der Waals surface area contributed by atoms with Crippen molar-refractivity contribution >= 4 is 27.8 Å². The van der Waals surface area contributed by atoms with Crippen LogP contribution in [0.2, 0.25) is 0 Å². The number of esters is 1. The van der Waals surface area contributed by atoms with E-state index in [9.17, 15) is 27.2 Å². The molecule has 0 saturated carbocycles. The van der Waals surface area contributed by atoms with E-state index in [0.717, 1.165) is 6.07 Å². The highest BCUT2D eigenvalue weighted by Crippen LogP contribution is 2.11. The first-order valence-corrected chi connectivity index (χ1v) is 10.8. The van der Waals surface area contributed by atoms with Gasteiger partial charge in [0.2, 0.25) is 15.9 Å². The van der Waals surface area contributed by atoms with Crippen LogP contribution in [0, 0.1) is 5.82 Å². The highest BCUT2D eigenvalue weighted by atomic mass is 32.2. The second kappa shape index (κ2) is 11.2. The number of halogens is 1. The van der Waals surface area contributed by atoms with Crippen molar-refractivity contribution in [2.24, 2.45) is 0 Å². The first-order chi connectivity index (χ1) is 14.7. The van der Waals surface area contributed by atoms with Gasteiger partial charge in [0.05, 0.1) is 22.6 Å². The molecule has 2 rings (SSSR count). The third-order valence-electron chi connectivity index (χ3n) is 3.98. The topological polar surface area (TPSA) is 131 Å². The summed E-state index contributed by atoms with van der Waals surface area (Å²) in [5.41, 5.74) is 4.24. The Kier molecular flexibility index (Phi) is 8.64. The molecule has 2 aromatic carbocycles. The van der Waals surface area contributed by atoms with Crippen molar-refractivity contribution < 1.29 is 31.9 Å². The van der Waals surface area contributed by atoms with E-state index in [1.165, 1.54) is 42.5 Å². The van der Waals surface area contributed by atoms with E-state index in [4.69, 9.17) is 4.74 Å². The number of hydrogen-bond donors (Lipinski definition) is 3. The maximum atomic E-state index is 13.5. The molecule has 166 valence electrons. The van der Waals surface area contributed by atoms with Gasteiger partial charge in [-0.15, -0.1) is 0 Å². The molecule has 0 radical (unpaired) electrons. The summed E-state index contributed by atoms with van der Waals surface area (Å²) in [6.07, 6.45) is 0.0728. The molecule has 0 aromatic heterocycles. The zero-order chi connectivity index (χ0) is 22.9. The molecule has 2 amide bonds. The summed E-state index contributed by atoms with van der Waals surface area (Å²) in [6, 6.07) is 10.5.